The number of ether oxygens (including phenoxy) is 1. The van der Waals surface area contributed by atoms with Gasteiger partial charge in [0.1, 0.15) is 5.75 Å². The highest BCUT2D eigenvalue weighted by Crippen LogP contribution is 2.28. The Morgan fingerprint density at radius 3 is 2.67 bits per heavy atom. The van der Waals surface area contributed by atoms with E-state index in [1.807, 2.05) is 26.0 Å². The van der Waals surface area contributed by atoms with Crippen LogP contribution in [0, 0.1) is 12.8 Å². The Balaban J connectivity index is 1.84. The Morgan fingerprint density at radius 2 is 2.00 bits per heavy atom. The predicted molar refractivity (Wildman–Crippen MR) is 96.3 cm³/mol. The summed E-state index contributed by atoms with van der Waals surface area (Å²) in [5.41, 5.74) is 2.21. The van der Waals surface area contributed by atoms with Crippen LogP contribution in [0.3, 0.4) is 0 Å². The molecule has 24 heavy (non-hydrogen) atoms. The highest BCUT2D eigenvalue weighted by molar-refractivity contribution is 5.81. The van der Waals surface area contributed by atoms with E-state index in [-0.39, 0.29) is 11.8 Å². The summed E-state index contributed by atoms with van der Waals surface area (Å²) in [6, 6.07) is 6.11. The van der Waals surface area contributed by atoms with Crippen molar-refractivity contribution in [2.45, 2.75) is 33.2 Å². The van der Waals surface area contributed by atoms with Crippen molar-refractivity contribution in [3.8, 4) is 5.75 Å². The van der Waals surface area contributed by atoms with Gasteiger partial charge in [-0.05, 0) is 38.3 Å². The van der Waals surface area contributed by atoms with Crippen molar-refractivity contribution in [1.29, 1.82) is 0 Å². The number of nitrogens with zero attached hydrogens (tertiary/aromatic N) is 1. The number of methoxy groups -OCH3 is 1. The minimum Gasteiger partial charge on any atom is -0.496 e. The minimum absolute atomic E-state index is 0.170. The average molecular weight is 332 g/mol. The second-order valence-corrected chi connectivity index (χ2v) is 6.00. The lowest BCUT2D eigenvalue weighted by Gasteiger charge is -2.13. The van der Waals surface area contributed by atoms with Gasteiger partial charge in [-0.15, -0.1) is 0 Å². The third-order valence-corrected chi connectivity index (χ3v) is 3.86. The van der Waals surface area contributed by atoms with E-state index in [9.17, 15) is 4.79 Å². The molecule has 1 aromatic rings. The molecule has 1 aliphatic carbocycles. The first-order valence-electron chi connectivity index (χ1n) is 8.57. The number of carbonyl (C=O) groups excluding carboxylic acids is 1. The van der Waals surface area contributed by atoms with Crippen molar-refractivity contribution in [2.24, 2.45) is 10.9 Å². The molecule has 6 heteroatoms. The van der Waals surface area contributed by atoms with E-state index in [2.05, 4.69) is 27.0 Å². The second kappa shape index (κ2) is 9.15. The molecule has 0 unspecified atom stereocenters. The van der Waals surface area contributed by atoms with Crippen LogP contribution in [0.25, 0.3) is 0 Å². The molecule has 1 saturated carbocycles. The number of aliphatic imine (C=N–C) groups is 1. The lowest BCUT2D eigenvalue weighted by Crippen LogP contribution is -2.41. The molecule has 1 aromatic carbocycles. The average Bonchev–Trinajstić information content (AvgIpc) is 3.41. The van der Waals surface area contributed by atoms with E-state index in [1.54, 1.807) is 7.11 Å². The van der Waals surface area contributed by atoms with E-state index >= 15 is 0 Å². The van der Waals surface area contributed by atoms with Crippen LogP contribution in [0.1, 0.15) is 30.9 Å². The van der Waals surface area contributed by atoms with E-state index < -0.39 is 0 Å². The number of hydrogen-bond donors (Lipinski definition) is 3. The van der Waals surface area contributed by atoms with Crippen LogP contribution in [-0.2, 0) is 11.3 Å². The smallest absolute Gasteiger partial charge is 0.223 e. The number of carbonyl (C=O) groups is 1. The summed E-state index contributed by atoms with van der Waals surface area (Å²) in [6.07, 6.45) is 2.06. The number of aryl methyl sites for hydroxylation is 1. The van der Waals surface area contributed by atoms with Crippen LogP contribution in [0.4, 0.5) is 0 Å². The van der Waals surface area contributed by atoms with Crippen molar-refractivity contribution in [3.63, 3.8) is 0 Å². The number of nitrogens with one attached hydrogen (secondary N) is 3. The van der Waals surface area contributed by atoms with Crippen molar-refractivity contribution in [1.82, 2.24) is 16.0 Å². The summed E-state index contributed by atoms with van der Waals surface area (Å²) in [4.78, 5) is 16.2. The zero-order chi connectivity index (χ0) is 17.4. The fraction of sp³-hybridized carbons (Fsp3) is 0.556. The molecular formula is C18H28N4O2. The maximum Gasteiger partial charge on any atom is 0.223 e. The summed E-state index contributed by atoms with van der Waals surface area (Å²) < 4.78 is 5.41. The summed E-state index contributed by atoms with van der Waals surface area (Å²) in [5, 5.41) is 9.38. The van der Waals surface area contributed by atoms with Crippen molar-refractivity contribution >= 4 is 11.9 Å². The Labute approximate surface area is 144 Å². The molecule has 1 fully saturated rings. The number of guanidine groups is 1. The topological polar surface area (TPSA) is 74.8 Å². The van der Waals surface area contributed by atoms with Crippen LogP contribution in [-0.4, -0.2) is 38.6 Å². The van der Waals surface area contributed by atoms with Crippen LogP contribution in [0.15, 0.2) is 23.2 Å². The maximum absolute atomic E-state index is 11.6. The first-order chi connectivity index (χ1) is 11.6. The van der Waals surface area contributed by atoms with Gasteiger partial charge in [-0.3, -0.25) is 4.79 Å². The molecule has 3 N–H and O–H groups in total. The molecule has 1 amide bonds. The number of benzene rings is 1. The lowest BCUT2D eigenvalue weighted by atomic mass is 10.1. The maximum atomic E-state index is 11.6. The minimum atomic E-state index is 0.170. The third kappa shape index (κ3) is 5.76. The zero-order valence-corrected chi connectivity index (χ0v) is 14.8. The van der Waals surface area contributed by atoms with Crippen LogP contribution < -0.4 is 20.7 Å². The SMILES string of the molecule is CCNC(=NCc1ccc(C)cc1OC)NCCNC(=O)C1CC1. The third-order valence-electron chi connectivity index (χ3n) is 3.86. The van der Waals surface area contributed by atoms with Gasteiger partial charge in [0.05, 0.1) is 13.7 Å². The van der Waals surface area contributed by atoms with E-state index in [0.29, 0.717) is 19.6 Å². The molecule has 0 aliphatic heterocycles. The van der Waals surface area contributed by atoms with Gasteiger partial charge in [0.15, 0.2) is 5.96 Å². The molecule has 0 atom stereocenters. The molecule has 1 aliphatic rings. The first-order valence-corrected chi connectivity index (χ1v) is 8.57. The molecule has 6 nitrogen and oxygen atoms in total. The number of hydrogen-bond acceptors (Lipinski definition) is 3. The van der Waals surface area contributed by atoms with Crippen LogP contribution in [0.5, 0.6) is 5.75 Å². The van der Waals surface area contributed by atoms with Crippen molar-refractivity contribution in [3.05, 3.63) is 29.3 Å². The van der Waals surface area contributed by atoms with Crippen LogP contribution in [0.2, 0.25) is 0 Å². The molecule has 0 saturated heterocycles. The summed E-state index contributed by atoms with van der Waals surface area (Å²) in [5.74, 6) is 2.01. The van der Waals surface area contributed by atoms with Gasteiger partial charge in [0.25, 0.3) is 0 Å². The molecular weight excluding hydrogens is 304 g/mol. The van der Waals surface area contributed by atoms with Gasteiger partial charge in [0.2, 0.25) is 5.91 Å². The van der Waals surface area contributed by atoms with Gasteiger partial charge in [-0.2, -0.15) is 0 Å². The summed E-state index contributed by atoms with van der Waals surface area (Å²) >= 11 is 0. The Bertz CT molecular complexity index is 582. The second-order valence-electron chi connectivity index (χ2n) is 6.00. The largest absolute Gasteiger partial charge is 0.496 e. The summed E-state index contributed by atoms with van der Waals surface area (Å²) in [7, 11) is 1.67. The summed E-state index contributed by atoms with van der Waals surface area (Å²) in [6.45, 7) is 6.64. The fourth-order valence-corrected chi connectivity index (χ4v) is 2.34. The molecule has 132 valence electrons. The van der Waals surface area contributed by atoms with Gasteiger partial charge in [-0.25, -0.2) is 4.99 Å². The first kappa shape index (κ1) is 18.1. The van der Waals surface area contributed by atoms with E-state index in [0.717, 1.165) is 42.2 Å². The zero-order valence-electron chi connectivity index (χ0n) is 14.8. The van der Waals surface area contributed by atoms with Gasteiger partial charge < -0.3 is 20.7 Å². The van der Waals surface area contributed by atoms with Gasteiger partial charge in [-0.1, -0.05) is 12.1 Å². The highest BCUT2D eigenvalue weighted by Gasteiger charge is 2.28. The molecule has 0 heterocycles. The molecule has 0 aromatic heterocycles. The normalized spacial score (nSPS) is 14.2. The number of amides is 1. The standard InChI is InChI=1S/C18H28N4O2/c1-4-19-18(21-10-9-20-17(23)14-7-8-14)22-12-15-6-5-13(2)11-16(15)24-3/h5-6,11,14H,4,7-10,12H2,1-3H3,(H,20,23)(H2,19,21,22). The van der Waals surface area contributed by atoms with Crippen molar-refractivity contribution in [2.75, 3.05) is 26.7 Å². The molecule has 0 spiro atoms. The molecule has 0 radical (unpaired) electrons. The van der Waals surface area contributed by atoms with Crippen LogP contribution >= 0.6 is 0 Å². The number of rotatable bonds is 8. The van der Waals surface area contributed by atoms with Crippen molar-refractivity contribution < 1.29 is 9.53 Å². The Kier molecular flexibility index (Phi) is 6.90. The Morgan fingerprint density at radius 1 is 1.25 bits per heavy atom. The Hall–Kier alpha value is -2.24. The predicted octanol–water partition coefficient (Wildman–Crippen LogP) is 1.58. The van der Waals surface area contributed by atoms with E-state index in [4.69, 9.17) is 4.74 Å². The monoisotopic (exact) mass is 332 g/mol. The lowest BCUT2D eigenvalue weighted by molar-refractivity contribution is -0.122. The van der Waals surface area contributed by atoms with Gasteiger partial charge >= 0.3 is 0 Å². The molecule has 0 bridgehead atoms. The van der Waals surface area contributed by atoms with E-state index in [1.165, 1.54) is 0 Å². The fourth-order valence-electron chi connectivity index (χ4n) is 2.34. The van der Waals surface area contributed by atoms with Gasteiger partial charge in [0, 0.05) is 31.1 Å². The molecule has 2 rings (SSSR count). The highest BCUT2D eigenvalue weighted by atomic mass is 16.5. The quantitative estimate of drug-likeness (QED) is 0.384.